The van der Waals surface area contributed by atoms with E-state index in [0.29, 0.717) is 24.2 Å². The molecule has 6 heteroatoms. The second-order valence-electron chi connectivity index (χ2n) is 6.51. The number of ether oxygens (including phenoxy) is 1. The molecular formula is C20H20FN3O2. The van der Waals surface area contributed by atoms with Crippen LogP contribution in [0.3, 0.4) is 0 Å². The highest BCUT2D eigenvalue weighted by molar-refractivity contribution is 5.55. The summed E-state index contributed by atoms with van der Waals surface area (Å²) in [5, 5.41) is 4.08. The zero-order valence-electron chi connectivity index (χ0n) is 14.6. The van der Waals surface area contributed by atoms with Crippen LogP contribution in [0.15, 0.2) is 53.1 Å². The van der Waals surface area contributed by atoms with Gasteiger partial charge in [0.2, 0.25) is 11.7 Å². The van der Waals surface area contributed by atoms with Crippen LogP contribution in [0.1, 0.15) is 23.8 Å². The Morgan fingerprint density at radius 3 is 2.65 bits per heavy atom. The zero-order valence-corrected chi connectivity index (χ0v) is 14.6. The Morgan fingerprint density at radius 1 is 1.15 bits per heavy atom. The first-order valence-electron chi connectivity index (χ1n) is 8.66. The van der Waals surface area contributed by atoms with E-state index in [2.05, 4.69) is 15.0 Å². The highest BCUT2D eigenvalue weighted by Crippen LogP contribution is 2.28. The molecule has 5 nitrogen and oxygen atoms in total. The van der Waals surface area contributed by atoms with E-state index in [4.69, 9.17) is 9.26 Å². The maximum atomic E-state index is 13.1. The second kappa shape index (κ2) is 7.25. The molecule has 1 aliphatic heterocycles. The molecule has 4 rings (SSSR count). The number of methoxy groups -OCH3 is 1. The number of rotatable bonds is 5. The quantitative estimate of drug-likeness (QED) is 0.697. The van der Waals surface area contributed by atoms with Gasteiger partial charge in [0, 0.05) is 12.1 Å². The topological polar surface area (TPSA) is 51.4 Å². The van der Waals surface area contributed by atoms with Crippen LogP contribution in [-0.4, -0.2) is 35.2 Å². The van der Waals surface area contributed by atoms with Crippen LogP contribution >= 0.6 is 0 Å². The first kappa shape index (κ1) is 16.7. The van der Waals surface area contributed by atoms with Gasteiger partial charge in [0.1, 0.15) is 11.6 Å². The molecule has 1 fully saturated rings. The summed E-state index contributed by atoms with van der Waals surface area (Å²) in [6, 6.07) is 14.4. The number of likely N-dealkylation sites (tertiary alicyclic amines) is 1. The van der Waals surface area contributed by atoms with Crippen molar-refractivity contribution in [1.29, 1.82) is 0 Å². The summed E-state index contributed by atoms with van der Waals surface area (Å²) in [5.41, 5.74) is 2.07. The normalized spacial score (nSPS) is 17.5. The highest BCUT2D eigenvalue weighted by atomic mass is 19.1. The number of aromatic nitrogens is 2. The molecule has 0 bridgehead atoms. The fourth-order valence-electron chi connectivity index (χ4n) is 3.35. The number of nitrogens with zero attached hydrogens (tertiary/aromatic N) is 3. The van der Waals surface area contributed by atoms with Crippen LogP contribution in [0.25, 0.3) is 11.4 Å². The number of halogens is 1. The van der Waals surface area contributed by atoms with E-state index < -0.39 is 0 Å². The molecule has 0 spiro atoms. The van der Waals surface area contributed by atoms with Gasteiger partial charge < -0.3 is 9.26 Å². The Morgan fingerprint density at radius 2 is 1.92 bits per heavy atom. The molecule has 1 saturated heterocycles. The molecule has 2 heterocycles. The van der Waals surface area contributed by atoms with Gasteiger partial charge in [-0.1, -0.05) is 17.3 Å². The van der Waals surface area contributed by atoms with Gasteiger partial charge in [0.15, 0.2) is 0 Å². The molecule has 1 atom stereocenters. The third kappa shape index (κ3) is 3.60. The molecule has 134 valence electrons. The van der Waals surface area contributed by atoms with Gasteiger partial charge in [-0.25, -0.2) is 4.39 Å². The van der Waals surface area contributed by atoms with Gasteiger partial charge >= 0.3 is 0 Å². The van der Waals surface area contributed by atoms with Gasteiger partial charge in [-0.3, -0.25) is 4.90 Å². The Hall–Kier alpha value is -2.73. The average Bonchev–Trinajstić information content (AvgIpc) is 3.33. The minimum absolute atomic E-state index is 0.194. The summed E-state index contributed by atoms with van der Waals surface area (Å²) in [5.74, 6) is 2.20. The maximum Gasteiger partial charge on any atom is 0.241 e. The van der Waals surface area contributed by atoms with Crippen molar-refractivity contribution < 1.29 is 13.7 Å². The van der Waals surface area contributed by atoms with Gasteiger partial charge in [0.25, 0.3) is 0 Å². The minimum atomic E-state index is -0.194. The lowest BCUT2D eigenvalue weighted by Crippen LogP contribution is -2.20. The Kier molecular flexibility index (Phi) is 4.67. The lowest BCUT2D eigenvalue weighted by atomic mass is 9.99. The fraction of sp³-hybridized carbons (Fsp3) is 0.300. The Labute approximate surface area is 151 Å². The van der Waals surface area contributed by atoms with E-state index in [1.165, 1.54) is 17.7 Å². The molecule has 26 heavy (non-hydrogen) atoms. The third-order valence-corrected chi connectivity index (χ3v) is 4.79. The molecule has 1 aromatic heterocycles. The highest BCUT2D eigenvalue weighted by Gasteiger charge is 2.25. The predicted molar refractivity (Wildman–Crippen MR) is 95.3 cm³/mol. The Bertz CT molecular complexity index is 862. The summed E-state index contributed by atoms with van der Waals surface area (Å²) < 4.78 is 23.6. The number of hydrogen-bond acceptors (Lipinski definition) is 5. The zero-order chi connectivity index (χ0) is 17.9. The van der Waals surface area contributed by atoms with Crippen molar-refractivity contribution in [2.75, 3.05) is 20.2 Å². The van der Waals surface area contributed by atoms with Crippen molar-refractivity contribution in [2.24, 2.45) is 0 Å². The van der Waals surface area contributed by atoms with Crippen LogP contribution in [0.5, 0.6) is 5.75 Å². The summed E-state index contributed by atoms with van der Waals surface area (Å²) in [6.07, 6.45) is 1.05. The van der Waals surface area contributed by atoms with Gasteiger partial charge in [-0.2, -0.15) is 4.98 Å². The summed E-state index contributed by atoms with van der Waals surface area (Å²) in [7, 11) is 1.64. The molecule has 0 aliphatic carbocycles. The summed E-state index contributed by atoms with van der Waals surface area (Å²) in [6.45, 7) is 2.50. The van der Waals surface area contributed by atoms with E-state index in [-0.39, 0.29) is 5.82 Å². The van der Waals surface area contributed by atoms with Crippen molar-refractivity contribution in [3.05, 3.63) is 65.8 Å². The molecule has 0 radical (unpaired) electrons. The standard InChI is InChI=1S/C20H20FN3O2/c1-25-18-8-4-15(5-9-18)20-22-19(26-23-20)13-24-11-10-16(12-24)14-2-6-17(21)7-3-14/h2-9,16H,10-13H2,1H3. The van der Waals surface area contributed by atoms with Crippen molar-refractivity contribution in [3.8, 4) is 17.1 Å². The van der Waals surface area contributed by atoms with Crippen molar-refractivity contribution in [3.63, 3.8) is 0 Å². The van der Waals surface area contributed by atoms with E-state index in [1.807, 2.05) is 36.4 Å². The van der Waals surface area contributed by atoms with Crippen molar-refractivity contribution in [1.82, 2.24) is 15.0 Å². The number of benzene rings is 2. The lowest BCUT2D eigenvalue weighted by molar-refractivity contribution is 0.265. The van der Waals surface area contributed by atoms with Gasteiger partial charge in [-0.05, 0) is 60.8 Å². The third-order valence-electron chi connectivity index (χ3n) is 4.79. The second-order valence-corrected chi connectivity index (χ2v) is 6.51. The van der Waals surface area contributed by atoms with E-state index in [1.54, 1.807) is 7.11 Å². The molecule has 0 N–H and O–H groups in total. The summed E-state index contributed by atoms with van der Waals surface area (Å²) in [4.78, 5) is 6.79. The van der Waals surface area contributed by atoms with Crippen LogP contribution in [0.2, 0.25) is 0 Å². The first-order valence-corrected chi connectivity index (χ1v) is 8.66. The molecule has 3 aromatic rings. The molecule has 0 amide bonds. The molecule has 1 unspecified atom stereocenters. The van der Waals surface area contributed by atoms with Crippen LogP contribution in [0.4, 0.5) is 4.39 Å². The monoisotopic (exact) mass is 353 g/mol. The van der Waals surface area contributed by atoms with Crippen molar-refractivity contribution in [2.45, 2.75) is 18.9 Å². The fourth-order valence-corrected chi connectivity index (χ4v) is 3.35. The molecule has 0 saturated carbocycles. The summed E-state index contributed by atoms with van der Waals surface area (Å²) >= 11 is 0. The van der Waals surface area contributed by atoms with Crippen LogP contribution in [-0.2, 0) is 6.54 Å². The van der Waals surface area contributed by atoms with E-state index in [0.717, 1.165) is 30.8 Å². The molecule has 2 aromatic carbocycles. The smallest absolute Gasteiger partial charge is 0.241 e. The van der Waals surface area contributed by atoms with Gasteiger partial charge in [0.05, 0.1) is 13.7 Å². The number of hydrogen-bond donors (Lipinski definition) is 0. The average molecular weight is 353 g/mol. The van der Waals surface area contributed by atoms with E-state index in [9.17, 15) is 4.39 Å². The first-order chi connectivity index (χ1) is 12.7. The SMILES string of the molecule is COc1ccc(-c2noc(CN3CCC(c4ccc(F)cc4)C3)n2)cc1. The maximum absolute atomic E-state index is 13.1. The van der Waals surface area contributed by atoms with Crippen LogP contribution < -0.4 is 4.74 Å². The van der Waals surface area contributed by atoms with Gasteiger partial charge in [-0.15, -0.1) is 0 Å². The van der Waals surface area contributed by atoms with Crippen molar-refractivity contribution >= 4 is 0 Å². The molecule has 1 aliphatic rings. The van der Waals surface area contributed by atoms with E-state index >= 15 is 0 Å². The Balaban J connectivity index is 1.39. The lowest BCUT2D eigenvalue weighted by Gasteiger charge is -2.13. The largest absolute Gasteiger partial charge is 0.497 e. The minimum Gasteiger partial charge on any atom is -0.497 e. The molecular weight excluding hydrogens is 333 g/mol. The predicted octanol–water partition coefficient (Wildman–Crippen LogP) is 3.87. The van der Waals surface area contributed by atoms with Crippen LogP contribution in [0, 0.1) is 5.82 Å².